The van der Waals surface area contributed by atoms with Crippen LogP contribution in [0.25, 0.3) is 0 Å². The fourth-order valence-corrected chi connectivity index (χ4v) is 3.66. The van der Waals surface area contributed by atoms with E-state index in [4.69, 9.17) is 4.74 Å². The van der Waals surface area contributed by atoms with E-state index in [2.05, 4.69) is 15.2 Å². The summed E-state index contributed by atoms with van der Waals surface area (Å²) in [6.45, 7) is 4.13. The minimum absolute atomic E-state index is 0.111. The highest BCUT2D eigenvalue weighted by molar-refractivity contribution is 5.99. The summed E-state index contributed by atoms with van der Waals surface area (Å²) in [6.07, 6.45) is 5.96. The molecule has 0 spiro atoms. The monoisotopic (exact) mass is 358 g/mol. The van der Waals surface area contributed by atoms with E-state index in [0.717, 1.165) is 32.3 Å². The number of amides is 2. The molecule has 7 heteroatoms. The summed E-state index contributed by atoms with van der Waals surface area (Å²) in [5.41, 5.74) is 0.590. The van der Waals surface area contributed by atoms with Gasteiger partial charge in [-0.3, -0.25) is 9.59 Å². The van der Waals surface area contributed by atoms with Gasteiger partial charge in [0, 0.05) is 51.4 Å². The van der Waals surface area contributed by atoms with Crippen molar-refractivity contribution < 1.29 is 14.3 Å². The standard InChI is InChI=1S/C19H26N4O3/c24-18(21-13-15-3-2-12-26-15)16-4-1-7-20-17(16)22-8-10-23(11-9-22)19(25)14-5-6-14/h1,4,7,14-15H,2-3,5-6,8-13H2,(H,21,24). The van der Waals surface area contributed by atoms with Gasteiger partial charge in [-0.2, -0.15) is 0 Å². The van der Waals surface area contributed by atoms with E-state index >= 15 is 0 Å². The van der Waals surface area contributed by atoms with Gasteiger partial charge in [0.2, 0.25) is 5.91 Å². The summed E-state index contributed by atoms with van der Waals surface area (Å²) < 4.78 is 5.57. The number of nitrogens with zero attached hydrogens (tertiary/aromatic N) is 3. The SMILES string of the molecule is O=C(NCC1CCCO1)c1cccnc1N1CCN(C(=O)C2CC2)CC1. The number of hydrogen-bond acceptors (Lipinski definition) is 5. The van der Waals surface area contributed by atoms with Crippen molar-refractivity contribution in [1.82, 2.24) is 15.2 Å². The molecule has 140 valence electrons. The van der Waals surface area contributed by atoms with Gasteiger partial charge in [0.15, 0.2) is 0 Å². The number of carbonyl (C=O) groups excluding carboxylic acids is 2. The first-order valence-corrected chi connectivity index (χ1v) is 9.61. The number of piperazine rings is 1. The molecule has 3 fully saturated rings. The van der Waals surface area contributed by atoms with Crippen LogP contribution in [-0.2, 0) is 9.53 Å². The second-order valence-electron chi connectivity index (χ2n) is 7.31. The third-order valence-corrected chi connectivity index (χ3v) is 5.36. The van der Waals surface area contributed by atoms with E-state index in [1.807, 2.05) is 11.0 Å². The fourth-order valence-electron chi connectivity index (χ4n) is 3.66. The Labute approximate surface area is 153 Å². The predicted molar refractivity (Wildman–Crippen MR) is 97.1 cm³/mol. The summed E-state index contributed by atoms with van der Waals surface area (Å²) >= 11 is 0. The van der Waals surface area contributed by atoms with Crippen LogP contribution >= 0.6 is 0 Å². The third kappa shape index (κ3) is 3.82. The van der Waals surface area contributed by atoms with Gasteiger partial charge in [-0.15, -0.1) is 0 Å². The molecule has 1 saturated carbocycles. The molecule has 1 atom stereocenters. The fraction of sp³-hybridized carbons (Fsp3) is 0.632. The Hall–Kier alpha value is -2.15. The highest BCUT2D eigenvalue weighted by atomic mass is 16.5. The number of pyridine rings is 1. The Balaban J connectivity index is 1.37. The van der Waals surface area contributed by atoms with E-state index in [-0.39, 0.29) is 17.9 Å². The molecule has 1 aliphatic carbocycles. The number of nitrogens with one attached hydrogen (secondary N) is 1. The lowest BCUT2D eigenvalue weighted by molar-refractivity contribution is -0.132. The lowest BCUT2D eigenvalue weighted by atomic mass is 10.2. The van der Waals surface area contributed by atoms with Crippen molar-refractivity contribution >= 4 is 17.6 Å². The Morgan fingerprint density at radius 2 is 2.00 bits per heavy atom. The largest absolute Gasteiger partial charge is 0.376 e. The van der Waals surface area contributed by atoms with Crippen LogP contribution in [0.1, 0.15) is 36.0 Å². The molecule has 1 unspecified atom stereocenters. The zero-order valence-electron chi connectivity index (χ0n) is 15.0. The molecule has 1 aromatic rings. The van der Waals surface area contributed by atoms with Gasteiger partial charge < -0.3 is 19.9 Å². The second-order valence-corrected chi connectivity index (χ2v) is 7.31. The van der Waals surface area contributed by atoms with E-state index in [1.165, 1.54) is 0 Å². The molecule has 2 saturated heterocycles. The molecule has 3 aliphatic rings. The van der Waals surface area contributed by atoms with Crippen molar-refractivity contribution in [2.45, 2.75) is 31.8 Å². The maximum atomic E-state index is 12.6. The topological polar surface area (TPSA) is 74.8 Å². The first-order valence-electron chi connectivity index (χ1n) is 9.61. The lowest BCUT2D eigenvalue weighted by Gasteiger charge is -2.36. The van der Waals surface area contributed by atoms with Crippen LogP contribution in [-0.4, -0.2) is 67.1 Å². The van der Waals surface area contributed by atoms with E-state index < -0.39 is 0 Å². The summed E-state index contributed by atoms with van der Waals surface area (Å²) in [7, 11) is 0. The van der Waals surface area contributed by atoms with Crippen LogP contribution in [0.2, 0.25) is 0 Å². The van der Waals surface area contributed by atoms with Gasteiger partial charge in [-0.1, -0.05) is 0 Å². The molecule has 2 amide bonds. The van der Waals surface area contributed by atoms with Gasteiger partial charge in [-0.05, 0) is 37.8 Å². The first-order chi connectivity index (χ1) is 12.7. The Morgan fingerprint density at radius 1 is 1.19 bits per heavy atom. The number of ether oxygens (including phenoxy) is 1. The Morgan fingerprint density at radius 3 is 2.69 bits per heavy atom. The van der Waals surface area contributed by atoms with Crippen molar-refractivity contribution in [2.75, 3.05) is 44.2 Å². The Kier molecular flexibility index (Phi) is 5.06. The molecule has 0 aromatic carbocycles. The maximum absolute atomic E-state index is 12.6. The molecule has 1 N–H and O–H groups in total. The average Bonchev–Trinajstić information content (AvgIpc) is 3.41. The summed E-state index contributed by atoms with van der Waals surface area (Å²) in [4.78, 5) is 33.4. The van der Waals surface area contributed by atoms with Crippen molar-refractivity contribution in [3.63, 3.8) is 0 Å². The van der Waals surface area contributed by atoms with Crippen LogP contribution in [0.3, 0.4) is 0 Å². The molecule has 26 heavy (non-hydrogen) atoms. The maximum Gasteiger partial charge on any atom is 0.255 e. The molecule has 7 nitrogen and oxygen atoms in total. The molecular weight excluding hydrogens is 332 g/mol. The van der Waals surface area contributed by atoms with Crippen molar-refractivity contribution in [1.29, 1.82) is 0 Å². The number of rotatable bonds is 5. The van der Waals surface area contributed by atoms with Crippen molar-refractivity contribution in [3.8, 4) is 0 Å². The quantitative estimate of drug-likeness (QED) is 0.852. The highest BCUT2D eigenvalue weighted by Gasteiger charge is 2.35. The van der Waals surface area contributed by atoms with Gasteiger partial charge in [-0.25, -0.2) is 4.98 Å². The summed E-state index contributed by atoms with van der Waals surface area (Å²) in [5, 5.41) is 2.98. The summed E-state index contributed by atoms with van der Waals surface area (Å²) in [5.74, 6) is 1.15. The highest BCUT2D eigenvalue weighted by Crippen LogP contribution is 2.31. The predicted octanol–water partition coefficient (Wildman–Crippen LogP) is 1.05. The van der Waals surface area contributed by atoms with E-state index in [0.29, 0.717) is 50.0 Å². The lowest BCUT2D eigenvalue weighted by Crippen LogP contribution is -2.50. The summed E-state index contributed by atoms with van der Waals surface area (Å²) in [6, 6.07) is 3.60. The minimum atomic E-state index is -0.111. The third-order valence-electron chi connectivity index (χ3n) is 5.36. The van der Waals surface area contributed by atoms with Gasteiger partial charge in [0.25, 0.3) is 5.91 Å². The molecule has 4 rings (SSSR count). The van der Waals surface area contributed by atoms with Crippen LogP contribution in [0.4, 0.5) is 5.82 Å². The van der Waals surface area contributed by atoms with E-state index in [9.17, 15) is 9.59 Å². The Bertz CT molecular complexity index is 663. The van der Waals surface area contributed by atoms with Gasteiger partial charge in [0.1, 0.15) is 5.82 Å². The van der Waals surface area contributed by atoms with Crippen LogP contribution in [0.5, 0.6) is 0 Å². The molecule has 1 aromatic heterocycles. The van der Waals surface area contributed by atoms with E-state index in [1.54, 1.807) is 12.3 Å². The molecule has 0 bridgehead atoms. The first kappa shape index (κ1) is 17.3. The zero-order valence-corrected chi connectivity index (χ0v) is 15.0. The second kappa shape index (κ2) is 7.61. The van der Waals surface area contributed by atoms with Gasteiger partial charge >= 0.3 is 0 Å². The van der Waals surface area contributed by atoms with Crippen LogP contribution in [0.15, 0.2) is 18.3 Å². The minimum Gasteiger partial charge on any atom is -0.376 e. The smallest absolute Gasteiger partial charge is 0.255 e. The van der Waals surface area contributed by atoms with Crippen LogP contribution in [0, 0.1) is 5.92 Å². The van der Waals surface area contributed by atoms with Crippen molar-refractivity contribution in [2.24, 2.45) is 5.92 Å². The number of hydrogen-bond donors (Lipinski definition) is 1. The average molecular weight is 358 g/mol. The molecule has 3 heterocycles. The van der Waals surface area contributed by atoms with Crippen LogP contribution < -0.4 is 10.2 Å². The molecule has 2 aliphatic heterocycles. The van der Waals surface area contributed by atoms with Crippen molar-refractivity contribution in [3.05, 3.63) is 23.9 Å². The zero-order chi connectivity index (χ0) is 17.9. The number of carbonyl (C=O) groups is 2. The normalized spacial score (nSPS) is 23.2. The number of anilines is 1. The molecular formula is C19H26N4O3. The molecule has 0 radical (unpaired) electrons. The van der Waals surface area contributed by atoms with Gasteiger partial charge in [0.05, 0.1) is 11.7 Å². The number of aromatic nitrogens is 1.